The number of thioether (sulfide) groups is 2. The summed E-state index contributed by atoms with van der Waals surface area (Å²) in [7, 11) is 1.65. The number of benzene rings is 2. The number of carboxylic acids is 1. The lowest BCUT2D eigenvalue weighted by Crippen LogP contribution is -2.71. The molecule has 16 nitrogen and oxygen atoms in total. The molecule has 46 heavy (non-hydrogen) atoms. The highest BCUT2D eigenvalue weighted by molar-refractivity contribution is 8.01. The summed E-state index contributed by atoms with van der Waals surface area (Å²) in [6.07, 6.45) is 0.874. The zero-order chi connectivity index (χ0) is 32.7. The van der Waals surface area contributed by atoms with Gasteiger partial charge in [0, 0.05) is 24.6 Å². The van der Waals surface area contributed by atoms with Crippen LogP contribution in [0.2, 0.25) is 0 Å². The first-order chi connectivity index (χ1) is 22.0. The topological polar surface area (TPSA) is 230 Å². The molecule has 2 aromatic carbocycles. The van der Waals surface area contributed by atoms with E-state index in [1.165, 1.54) is 28.2 Å². The Morgan fingerprint density at radius 1 is 1.15 bits per heavy atom. The number of carbonyl (C=O) groups is 4. The van der Waals surface area contributed by atoms with Crippen LogP contribution in [0.15, 0.2) is 74.4 Å². The number of fused-ring (bicyclic) bond motifs is 2. The average molecular weight is 666 g/mol. The number of carboxylic acid groups (broad SMARTS) is 1. The summed E-state index contributed by atoms with van der Waals surface area (Å²) in [6, 6.07) is 7.63. The van der Waals surface area contributed by atoms with Crippen LogP contribution in [-0.2, 0) is 21.4 Å². The molecule has 1 fully saturated rings. The number of aryl methyl sites for hydroxylation is 1. The van der Waals surface area contributed by atoms with Crippen molar-refractivity contribution in [1.29, 1.82) is 0 Å². The van der Waals surface area contributed by atoms with Crippen LogP contribution in [0.25, 0.3) is 11.0 Å². The number of aromatic hydroxyl groups is 2. The molecule has 0 bridgehead atoms. The van der Waals surface area contributed by atoms with E-state index in [9.17, 15) is 39.3 Å². The highest BCUT2D eigenvalue weighted by Crippen LogP contribution is 2.41. The molecule has 236 valence electrons. The van der Waals surface area contributed by atoms with E-state index >= 15 is 0 Å². The van der Waals surface area contributed by atoms with Gasteiger partial charge in [-0.25, -0.2) is 9.48 Å². The molecule has 2 aromatic heterocycles. The quantitative estimate of drug-likeness (QED) is 0.0943. The zero-order valence-electron chi connectivity index (χ0n) is 23.6. The summed E-state index contributed by atoms with van der Waals surface area (Å²) in [5.41, 5.74) is -0.704. The number of rotatable bonds is 9. The molecule has 6 rings (SSSR count). The Balaban J connectivity index is 1.22. The number of tetrazole rings is 1. The smallest absolute Gasteiger partial charge is 0.352 e. The van der Waals surface area contributed by atoms with Gasteiger partial charge in [0.25, 0.3) is 11.8 Å². The van der Waals surface area contributed by atoms with Crippen LogP contribution in [0, 0.1) is 0 Å². The summed E-state index contributed by atoms with van der Waals surface area (Å²) in [5, 5.41) is 45.4. The van der Waals surface area contributed by atoms with Gasteiger partial charge in [-0.15, -0.1) is 16.9 Å². The molecule has 1 unspecified atom stereocenters. The minimum atomic E-state index is -1.37. The molecule has 5 N–H and O–H groups in total. The maximum atomic E-state index is 13.6. The predicted molar refractivity (Wildman–Crippen MR) is 162 cm³/mol. The fraction of sp³-hybridized carbons (Fsp3) is 0.214. The van der Waals surface area contributed by atoms with Crippen molar-refractivity contribution in [2.45, 2.75) is 22.6 Å². The lowest BCUT2D eigenvalue weighted by molar-refractivity contribution is -0.151. The second-order valence-corrected chi connectivity index (χ2v) is 12.2. The number of hydrogen-bond acceptors (Lipinski definition) is 13. The van der Waals surface area contributed by atoms with Crippen LogP contribution < -0.4 is 16.1 Å². The number of aromatic nitrogens is 4. The van der Waals surface area contributed by atoms with E-state index in [0.29, 0.717) is 16.3 Å². The van der Waals surface area contributed by atoms with Crippen LogP contribution in [0.1, 0.15) is 22.0 Å². The van der Waals surface area contributed by atoms with Crippen molar-refractivity contribution < 1.29 is 38.9 Å². The Kier molecular flexibility index (Phi) is 8.13. The fourth-order valence-corrected chi connectivity index (χ4v) is 7.33. The van der Waals surface area contributed by atoms with Crippen molar-refractivity contribution >= 4 is 58.2 Å². The van der Waals surface area contributed by atoms with Crippen molar-refractivity contribution in [3.63, 3.8) is 0 Å². The standard InChI is InChI=1S/C28H23N7O9S2/c1-34-28(31-32-33-34)46-11-13-10-45-26-20(25(41)35(26)21(13)27(42)43)30-24(40)19(12-5-3-2-4-6-12)29-23(39)15-9-44-18-8-17(37)16(36)7-14(18)22(15)38/h2-9,19-20,26,36-37H,10-11H2,1H3,(H,29,39)(H,30,40)(H,42,43)/t19?,20-,26+/m1/s1. The Bertz CT molecular complexity index is 2000. The van der Waals surface area contributed by atoms with Crippen molar-refractivity contribution in [1.82, 2.24) is 35.7 Å². The Hall–Kier alpha value is -5.36. The van der Waals surface area contributed by atoms with Gasteiger partial charge < -0.3 is 30.4 Å². The minimum Gasteiger partial charge on any atom is -0.504 e. The first kappa shape index (κ1) is 30.7. The molecule has 0 spiro atoms. The molecule has 1 saturated heterocycles. The van der Waals surface area contributed by atoms with Gasteiger partial charge in [-0.1, -0.05) is 42.1 Å². The number of carbonyl (C=O) groups excluding carboxylic acids is 3. The first-order valence-electron chi connectivity index (χ1n) is 13.4. The van der Waals surface area contributed by atoms with Gasteiger partial charge in [-0.3, -0.25) is 24.1 Å². The van der Waals surface area contributed by atoms with E-state index in [-0.39, 0.29) is 28.2 Å². The largest absolute Gasteiger partial charge is 0.504 e. The van der Waals surface area contributed by atoms with Crippen LogP contribution in [0.3, 0.4) is 0 Å². The molecule has 0 saturated carbocycles. The molecule has 0 radical (unpaired) electrons. The number of nitrogens with zero attached hydrogens (tertiary/aromatic N) is 5. The van der Waals surface area contributed by atoms with E-state index in [0.717, 1.165) is 23.3 Å². The predicted octanol–water partition coefficient (Wildman–Crippen LogP) is 0.730. The minimum absolute atomic E-state index is 0.0746. The molecule has 3 amide bonds. The molecule has 2 aliphatic rings. The number of phenols is 2. The van der Waals surface area contributed by atoms with Crippen molar-refractivity contribution in [2.24, 2.45) is 7.05 Å². The first-order valence-corrected chi connectivity index (χ1v) is 15.5. The lowest BCUT2D eigenvalue weighted by atomic mass is 10.0. The van der Waals surface area contributed by atoms with Gasteiger partial charge in [0.05, 0.1) is 5.39 Å². The van der Waals surface area contributed by atoms with E-state index in [1.807, 2.05) is 0 Å². The summed E-state index contributed by atoms with van der Waals surface area (Å²) < 4.78 is 6.77. The Labute approximate surface area is 266 Å². The van der Waals surface area contributed by atoms with Crippen LogP contribution in [0.4, 0.5) is 0 Å². The lowest BCUT2D eigenvalue weighted by Gasteiger charge is -2.49. The number of hydrogen-bond donors (Lipinski definition) is 5. The normalized spacial score (nSPS) is 18.1. The number of β-lactam (4-membered cyclic amide) rings is 1. The van der Waals surface area contributed by atoms with Crippen molar-refractivity contribution in [3.8, 4) is 11.5 Å². The summed E-state index contributed by atoms with van der Waals surface area (Å²) in [4.78, 5) is 66.7. The fourth-order valence-electron chi connectivity index (χ4n) is 4.99. The van der Waals surface area contributed by atoms with Gasteiger partial charge in [0.2, 0.25) is 16.5 Å². The summed E-state index contributed by atoms with van der Waals surface area (Å²) >= 11 is 2.50. The monoisotopic (exact) mass is 665 g/mol. The Morgan fingerprint density at radius 3 is 2.59 bits per heavy atom. The molecule has 2 aliphatic heterocycles. The molecule has 0 aliphatic carbocycles. The number of nitrogens with one attached hydrogen (secondary N) is 2. The maximum absolute atomic E-state index is 13.6. The molecular formula is C28H23N7O9S2. The zero-order valence-corrected chi connectivity index (χ0v) is 25.2. The van der Waals surface area contributed by atoms with E-state index in [4.69, 9.17) is 4.42 Å². The molecule has 18 heteroatoms. The van der Waals surface area contributed by atoms with Crippen LogP contribution >= 0.6 is 23.5 Å². The maximum Gasteiger partial charge on any atom is 0.352 e. The number of aliphatic carboxylic acids is 1. The second kappa shape index (κ2) is 12.2. The number of amides is 3. The summed E-state index contributed by atoms with van der Waals surface area (Å²) in [6.45, 7) is 0. The highest BCUT2D eigenvalue weighted by Gasteiger charge is 2.54. The van der Waals surface area contributed by atoms with E-state index in [1.54, 1.807) is 37.4 Å². The average Bonchev–Trinajstić information content (AvgIpc) is 3.46. The third-order valence-electron chi connectivity index (χ3n) is 7.29. The Morgan fingerprint density at radius 2 is 1.89 bits per heavy atom. The highest BCUT2D eigenvalue weighted by atomic mass is 32.2. The number of phenolic OH excluding ortho intramolecular Hbond substituents is 2. The van der Waals surface area contributed by atoms with Crippen LogP contribution in [0.5, 0.6) is 11.5 Å². The van der Waals surface area contributed by atoms with Gasteiger partial charge in [0.15, 0.2) is 11.5 Å². The van der Waals surface area contributed by atoms with Crippen molar-refractivity contribution in [2.75, 3.05) is 11.5 Å². The third kappa shape index (κ3) is 5.51. The second-order valence-electron chi connectivity index (χ2n) is 10.2. The van der Waals surface area contributed by atoms with Crippen LogP contribution in [-0.4, -0.2) is 87.0 Å². The summed E-state index contributed by atoms with van der Waals surface area (Å²) in [5.74, 6) is -4.29. The van der Waals surface area contributed by atoms with E-state index in [2.05, 4.69) is 26.2 Å². The van der Waals surface area contributed by atoms with E-state index < -0.39 is 63.6 Å². The van der Waals surface area contributed by atoms with Crippen molar-refractivity contribution in [3.05, 3.63) is 81.3 Å². The third-order valence-corrected chi connectivity index (χ3v) is 9.73. The van der Waals surface area contributed by atoms with Gasteiger partial charge in [-0.2, -0.15) is 0 Å². The van der Waals surface area contributed by atoms with Gasteiger partial charge in [-0.05, 0) is 27.6 Å². The van der Waals surface area contributed by atoms with Gasteiger partial charge in [0.1, 0.15) is 40.6 Å². The molecule has 4 heterocycles. The molecular weight excluding hydrogens is 642 g/mol. The van der Waals surface area contributed by atoms with Gasteiger partial charge >= 0.3 is 5.97 Å². The molecule has 3 atom stereocenters. The SMILES string of the molecule is Cn1nnnc1SCC1=C(C(=O)O)N2C(=O)[C@@H](NC(=O)C(NC(=O)c3coc4cc(O)c(O)cc4c3=O)c3ccccc3)[C@@H]2SC1. The molecule has 4 aromatic rings.